The first-order valence-corrected chi connectivity index (χ1v) is 34.4. The maximum Gasteiger partial charge on any atom is 0.232 e. The van der Waals surface area contributed by atoms with Gasteiger partial charge in [0.1, 0.15) is 47.3 Å². The van der Waals surface area contributed by atoms with Crippen molar-refractivity contribution in [2.45, 2.75) is 83.4 Å². The third kappa shape index (κ3) is 18.0. The van der Waals surface area contributed by atoms with Gasteiger partial charge in [0.2, 0.25) is 5.88 Å². The Labute approximate surface area is 581 Å². The zero-order valence-electron chi connectivity index (χ0n) is 54.2. The summed E-state index contributed by atoms with van der Waals surface area (Å²) in [6.45, 7) is 9.82. The molecule has 0 bridgehead atoms. The molecule has 15 rings (SSSR count). The van der Waals surface area contributed by atoms with Gasteiger partial charge in [-0.05, 0) is 108 Å². The first kappa shape index (κ1) is 65.7. The molecule has 18 heteroatoms. The van der Waals surface area contributed by atoms with Gasteiger partial charge in [0.15, 0.2) is 0 Å². The molecule has 0 spiro atoms. The minimum atomic E-state index is 0.151. The number of hydrogen-bond acceptors (Lipinski definition) is 15. The van der Waals surface area contributed by atoms with Crippen LogP contribution in [0.15, 0.2) is 231 Å². The van der Waals surface area contributed by atoms with Gasteiger partial charge in [0, 0.05) is 189 Å². The van der Waals surface area contributed by atoms with Crippen molar-refractivity contribution in [3.8, 4) is 17.4 Å². The average molecular weight is 1350 g/mol. The Kier molecular flexibility index (Phi) is 21.8. The number of para-hydroxylation sites is 3. The van der Waals surface area contributed by atoms with Crippen LogP contribution < -0.4 is 44.9 Å². The molecule has 492 valence electrons. The fourth-order valence-corrected chi connectivity index (χ4v) is 12.9. The lowest BCUT2D eigenvalue weighted by Crippen LogP contribution is -2.38. The number of hydrogen-bond donors (Lipinski definition) is 3. The minimum Gasteiger partial charge on any atom is -0.490 e. The predicted molar refractivity (Wildman–Crippen MR) is 397 cm³/mol. The Bertz CT molecular complexity index is 4310. The summed E-state index contributed by atoms with van der Waals surface area (Å²) in [7, 11) is 0. The van der Waals surface area contributed by atoms with Crippen molar-refractivity contribution in [1.82, 2.24) is 29.9 Å². The number of fused-ring (bicyclic) bond motifs is 3. The molecule has 3 aliphatic heterocycles. The van der Waals surface area contributed by atoms with Crippen LogP contribution in [-0.4, -0.2) is 87.5 Å². The number of benzene rings is 7. The average Bonchev–Trinajstić information content (AvgIpc) is 0.821. The number of pyridine rings is 4. The van der Waals surface area contributed by atoms with Crippen molar-refractivity contribution in [3.05, 3.63) is 268 Å². The van der Waals surface area contributed by atoms with Gasteiger partial charge in [0.25, 0.3) is 0 Å². The summed E-state index contributed by atoms with van der Waals surface area (Å²) in [4.78, 5) is 34.2. The van der Waals surface area contributed by atoms with E-state index in [1.807, 2.05) is 109 Å². The highest BCUT2D eigenvalue weighted by Crippen LogP contribution is 2.36. The van der Waals surface area contributed by atoms with Gasteiger partial charge in [0.05, 0.1) is 22.7 Å². The molecule has 8 heterocycles. The number of aryl methyl sites for hydroxylation is 1. The predicted octanol–water partition coefficient (Wildman–Crippen LogP) is 18.1. The molecular weight excluding hydrogens is 1270 g/mol. The zero-order valence-corrected chi connectivity index (χ0v) is 56.4. The molecule has 0 aliphatic carbocycles. The van der Waals surface area contributed by atoms with Crippen LogP contribution in [0.5, 0.6) is 17.4 Å². The highest BCUT2D eigenvalue weighted by Gasteiger charge is 2.26. The number of ether oxygens (including phenoxy) is 3. The Hall–Kier alpha value is -9.93. The Morgan fingerprint density at radius 3 is 1.14 bits per heavy atom. The molecule has 0 unspecified atom stereocenters. The molecule has 0 atom stereocenters. The molecule has 15 nitrogen and oxygen atoms in total. The lowest BCUT2D eigenvalue weighted by Gasteiger charge is -2.34. The van der Waals surface area contributed by atoms with E-state index in [9.17, 15) is 0 Å². The summed E-state index contributed by atoms with van der Waals surface area (Å²) >= 11 is 18.0. The van der Waals surface area contributed by atoms with Crippen LogP contribution in [0.2, 0.25) is 15.1 Å². The van der Waals surface area contributed by atoms with E-state index in [1.165, 1.54) is 44.5 Å². The van der Waals surface area contributed by atoms with Gasteiger partial charge in [-0.15, -0.1) is 0 Å². The number of nitrogens with zero attached hydrogens (tertiary/aromatic N) is 9. The molecule has 3 saturated heterocycles. The lowest BCUT2D eigenvalue weighted by atomic mass is 10.0. The molecule has 12 aromatic rings. The van der Waals surface area contributed by atoms with E-state index in [-0.39, 0.29) is 18.3 Å². The Morgan fingerprint density at radius 2 is 0.763 bits per heavy atom. The number of rotatable bonds is 18. The van der Waals surface area contributed by atoms with Crippen molar-refractivity contribution in [3.63, 3.8) is 0 Å². The van der Waals surface area contributed by atoms with Crippen molar-refractivity contribution >= 4 is 102 Å². The SMILES string of the molecule is Cc1cccc(OC2CCN(c3cc(NCc4ccc(Cl)cc4)nc4ccccc34)CC2)c1.Clc1ccc(CNc2cc(N3CCC(Oc4ccncc4)CC3)c3ccccc3n2)cc1.Clc1ccc(CNc2cc(N3CCC(Oc4cnccn4)CC3)c3ccccc3n2)cc1. The topological polar surface area (TPSA) is 151 Å². The van der Waals surface area contributed by atoms with Crippen LogP contribution >= 0.6 is 34.8 Å². The summed E-state index contributed by atoms with van der Waals surface area (Å²) in [5.74, 6) is 5.08. The van der Waals surface area contributed by atoms with E-state index in [0.29, 0.717) is 25.5 Å². The monoisotopic (exact) mass is 1350 g/mol. The van der Waals surface area contributed by atoms with Gasteiger partial charge in [-0.2, -0.15) is 0 Å². The second-order valence-corrected chi connectivity index (χ2v) is 25.8. The van der Waals surface area contributed by atoms with E-state index in [1.54, 1.807) is 31.0 Å². The normalized spacial score (nSPS) is 14.5. The smallest absolute Gasteiger partial charge is 0.232 e. The standard InChI is InChI=1S/C28H28ClN3O.C26H25ClN4O.C25H24ClN5O/c1-20-5-4-6-24(17-20)33-23-13-15-32(16-14-23)27-18-28(31-26-8-3-2-7-25(26)27)30-19-21-9-11-22(29)12-10-21;27-20-7-5-19(6-8-20)18-29-26-17-25(23-3-1-2-4-24(23)30-26)31-15-11-22(12-16-31)32-21-9-13-28-14-10-21;26-19-7-5-18(6-8-19)16-29-24-15-23(21-3-1-2-4-22(21)30-24)31-13-9-20(10-14-31)32-25-17-27-11-12-28-25/h2-12,17-18,23H,13-16,19H2,1H3,(H,30,31);1-10,13-14,17,22H,11-12,15-16,18H2,(H,29,30);1-8,11-12,15,17,20H,9-10,13-14,16H2,(H,29,30). The van der Waals surface area contributed by atoms with E-state index in [4.69, 9.17) is 64.0 Å². The van der Waals surface area contributed by atoms with Crippen molar-refractivity contribution in [1.29, 1.82) is 0 Å². The summed E-state index contributed by atoms with van der Waals surface area (Å²) in [6.07, 6.45) is 15.0. The molecule has 0 saturated carbocycles. The van der Waals surface area contributed by atoms with Crippen LogP contribution in [0.1, 0.15) is 60.8 Å². The first-order valence-electron chi connectivity index (χ1n) is 33.2. The summed E-state index contributed by atoms with van der Waals surface area (Å²) in [5, 5.41) is 16.2. The van der Waals surface area contributed by atoms with Crippen molar-refractivity contribution in [2.75, 3.05) is 69.9 Å². The second kappa shape index (κ2) is 32.2. The highest BCUT2D eigenvalue weighted by atomic mass is 35.5. The molecule has 7 aromatic carbocycles. The number of anilines is 6. The molecule has 97 heavy (non-hydrogen) atoms. The van der Waals surface area contributed by atoms with E-state index >= 15 is 0 Å². The molecule has 3 N–H and O–H groups in total. The Balaban J connectivity index is 0.000000131. The van der Waals surface area contributed by atoms with Crippen molar-refractivity contribution < 1.29 is 14.2 Å². The quantitative estimate of drug-likeness (QED) is 0.0747. The lowest BCUT2D eigenvalue weighted by molar-refractivity contribution is 0.163. The number of piperidine rings is 3. The van der Waals surface area contributed by atoms with Gasteiger partial charge in [-0.1, -0.05) is 138 Å². The third-order valence-electron chi connectivity index (χ3n) is 17.7. The highest BCUT2D eigenvalue weighted by molar-refractivity contribution is 6.31. The maximum absolute atomic E-state index is 6.27. The van der Waals surface area contributed by atoms with Crippen LogP contribution in [0, 0.1) is 6.92 Å². The van der Waals surface area contributed by atoms with Crippen LogP contribution in [0.3, 0.4) is 0 Å². The molecular formula is C79H77Cl3N12O3. The largest absolute Gasteiger partial charge is 0.490 e. The number of halogens is 3. The molecule has 3 fully saturated rings. The fourth-order valence-electron chi connectivity index (χ4n) is 12.6. The zero-order chi connectivity index (χ0) is 66.1. The summed E-state index contributed by atoms with van der Waals surface area (Å²) in [6, 6.07) is 67.4. The molecule has 0 radical (unpaired) electrons. The van der Waals surface area contributed by atoms with E-state index < -0.39 is 0 Å². The minimum absolute atomic E-state index is 0.151. The van der Waals surface area contributed by atoms with E-state index in [2.05, 4.69) is 144 Å². The van der Waals surface area contributed by atoms with Crippen LogP contribution in [0.4, 0.5) is 34.5 Å². The van der Waals surface area contributed by atoms with E-state index in [0.717, 1.165) is 149 Å². The second-order valence-electron chi connectivity index (χ2n) is 24.5. The summed E-state index contributed by atoms with van der Waals surface area (Å²) in [5.41, 5.74) is 11.4. The van der Waals surface area contributed by atoms with Gasteiger partial charge in [-0.25, -0.2) is 19.9 Å². The first-order chi connectivity index (χ1) is 47.6. The third-order valence-corrected chi connectivity index (χ3v) is 18.4. The van der Waals surface area contributed by atoms with Crippen molar-refractivity contribution in [2.24, 2.45) is 0 Å². The van der Waals surface area contributed by atoms with Gasteiger partial charge >= 0.3 is 0 Å². The summed E-state index contributed by atoms with van der Waals surface area (Å²) < 4.78 is 18.4. The fraction of sp³-hybridized carbons (Fsp3) is 0.241. The van der Waals surface area contributed by atoms with Crippen LogP contribution in [-0.2, 0) is 19.6 Å². The Morgan fingerprint density at radius 1 is 0.381 bits per heavy atom. The van der Waals surface area contributed by atoms with Gasteiger partial charge < -0.3 is 44.9 Å². The van der Waals surface area contributed by atoms with Gasteiger partial charge in [-0.3, -0.25) is 9.97 Å². The maximum atomic E-state index is 6.27. The number of nitrogens with one attached hydrogen (secondary N) is 3. The molecule has 0 amide bonds. The van der Waals surface area contributed by atoms with Crippen LogP contribution in [0.25, 0.3) is 32.7 Å². The molecule has 5 aromatic heterocycles. The number of aromatic nitrogens is 6. The molecule has 3 aliphatic rings.